The minimum absolute atomic E-state index is 0.0555. The van der Waals surface area contributed by atoms with Crippen molar-refractivity contribution in [2.24, 2.45) is 0 Å². The van der Waals surface area contributed by atoms with Crippen molar-refractivity contribution in [1.82, 2.24) is 4.57 Å². The highest BCUT2D eigenvalue weighted by molar-refractivity contribution is 6.39. The summed E-state index contributed by atoms with van der Waals surface area (Å²) >= 11 is 0. The van der Waals surface area contributed by atoms with Gasteiger partial charge in [-0.05, 0) is 36.8 Å². The van der Waals surface area contributed by atoms with E-state index < -0.39 is 17.5 Å². The van der Waals surface area contributed by atoms with Crippen molar-refractivity contribution < 1.29 is 28.6 Å². The number of rotatable bonds is 7. The molecule has 0 bridgehead atoms. The van der Waals surface area contributed by atoms with Crippen molar-refractivity contribution in [3.05, 3.63) is 71.7 Å². The van der Waals surface area contributed by atoms with Gasteiger partial charge < -0.3 is 19.1 Å². The highest BCUT2D eigenvalue weighted by Gasteiger charge is 2.19. The Bertz CT molecular complexity index is 1100. The molecule has 3 rings (SSSR count). The van der Waals surface area contributed by atoms with Crippen LogP contribution in [0, 0.1) is 5.82 Å². The molecule has 6 nitrogen and oxygen atoms in total. The first-order valence-corrected chi connectivity index (χ1v) is 8.97. The van der Waals surface area contributed by atoms with Crippen LogP contribution in [0.3, 0.4) is 0 Å². The second-order valence-electron chi connectivity index (χ2n) is 6.27. The van der Waals surface area contributed by atoms with E-state index in [2.05, 4.69) is 4.74 Å². The van der Waals surface area contributed by atoms with Crippen molar-refractivity contribution in [2.75, 3.05) is 13.7 Å². The number of fused-ring (bicyclic) bond motifs is 1. The third kappa shape index (κ3) is 4.29. The maximum absolute atomic E-state index is 13.6. The number of carbonyl (C=O) groups is 2. The lowest BCUT2D eigenvalue weighted by atomic mass is 10.1. The highest BCUT2D eigenvalue weighted by atomic mass is 19.1. The zero-order valence-electron chi connectivity index (χ0n) is 16.0. The van der Waals surface area contributed by atoms with Crippen LogP contribution in [-0.4, -0.2) is 35.1 Å². The number of aliphatic hydroxyl groups excluding tert-OH is 1. The van der Waals surface area contributed by atoms with Gasteiger partial charge in [0.1, 0.15) is 17.3 Å². The van der Waals surface area contributed by atoms with E-state index in [0.29, 0.717) is 28.8 Å². The van der Waals surface area contributed by atoms with Crippen LogP contribution in [0.2, 0.25) is 0 Å². The van der Waals surface area contributed by atoms with Crippen LogP contribution in [0.15, 0.2) is 54.7 Å². The molecule has 1 aromatic heterocycles. The number of esters is 1. The first-order chi connectivity index (χ1) is 13.9. The van der Waals surface area contributed by atoms with E-state index in [1.807, 2.05) is 6.07 Å². The summed E-state index contributed by atoms with van der Waals surface area (Å²) in [6, 6.07) is 11.5. The molecule has 0 aliphatic heterocycles. The molecular weight excluding hydrogens is 377 g/mol. The molecule has 0 spiro atoms. The van der Waals surface area contributed by atoms with Crippen LogP contribution in [0.4, 0.5) is 4.39 Å². The van der Waals surface area contributed by atoms with Gasteiger partial charge in [-0.15, -0.1) is 0 Å². The molecule has 0 fully saturated rings. The summed E-state index contributed by atoms with van der Waals surface area (Å²) < 4.78 is 25.4. The molecule has 0 saturated carbocycles. The van der Waals surface area contributed by atoms with Crippen molar-refractivity contribution in [3.63, 3.8) is 0 Å². The lowest BCUT2D eigenvalue weighted by Crippen LogP contribution is -2.15. The van der Waals surface area contributed by atoms with Crippen molar-refractivity contribution in [2.45, 2.75) is 13.5 Å². The molecule has 3 aromatic rings. The largest absolute Gasteiger partial charge is 0.507 e. The summed E-state index contributed by atoms with van der Waals surface area (Å²) in [6.45, 7) is 1.97. The molecule has 0 amide bonds. The predicted molar refractivity (Wildman–Crippen MR) is 106 cm³/mol. The molecule has 0 radical (unpaired) electrons. The molecule has 0 atom stereocenters. The quantitative estimate of drug-likeness (QED) is 0.283. The molecule has 7 heteroatoms. The number of methoxy groups -OCH3 is 1. The molecule has 0 saturated heterocycles. The van der Waals surface area contributed by atoms with Gasteiger partial charge in [-0.1, -0.05) is 18.2 Å². The van der Waals surface area contributed by atoms with Gasteiger partial charge in [0.25, 0.3) is 5.78 Å². The van der Waals surface area contributed by atoms with Crippen LogP contribution in [0.5, 0.6) is 5.75 Å². The average molecular weight is 397 g/mol. The number of carbonyl (C=O) groups excluding carboxylic acids is 2. The molecule has 1 N–H and O–H groups in total. The second-order valence-corrected chi connectivity index (χ2v) is 6.27. The Labute approximate surface area is 166 Å². The van der Waals surface area contributed by atoms with Gasteiger partial charge in [0.2, 0.25) is 0 Å². The number of hydrogen-bond acceptors (Lipinski definition) is 5. The van der Waals surface area contributed by atoms with Gasteiger partial charge in [0.05, 0.1) is 24.6 Å². The van der Waals surface area contributed by atoms with Crippen LogP contribution in [0.1, 0.15) is 18.1 Å². The van der Waals surface area contributed by atoms with E-state index in [9.17, 15) is 19.1 Å². The van der Waals surface area contributed by atoms with E-state index in [1.165, 1.54) is 19.2 Å². The van der Waals surface area contributed by atoms with Gasteiger partial charge in [0, 0.05) is 24.4 Å². The van der Waals surface area contributed by atoms with Gasteiger partial charge in [-0.2, -0.15) is 0 Å². The average Bonchev–Trinajstić information content (AvgIpc) is 3.07. The van der Waals surface area contributed by atoms with E-state index in [1.54, 1.807) is 42.0 Å². The third-order valence-corrected chi connectivity index (χ3v) is 4.35. The summed E-state index contributed by atoms with van der Waals surface area (Å²) in [6.07, 6.45) is 2.45. The van der Waals surface area contributed by atoms with E-state index in [4.69, 9.17) is 4.74 Å². The first kappa shape index (κ1) is 20.1. The van der Waals surface area contributed by atoms with Crippen molar-refractivity contribution in [1.29, 1.82) is 0 Å². The fourth-order valence-electron chi connectivity index (χ4n) is 3.11. The number of aromatic nitrogens is 1. The predicted octanol–water partition coefficient (Wildman–Crippen LogP) is 3.87. The summed E-state index contributed by atoms with van der Waals surface area (Å²) in [4.78, 5) is 23.5. The van der Waals surface area contributed by atoms with Crippen LogP contribution >= 0.6 is 0 Å². The number of ketones is 1. The maximum Gasteiger partial charge on any atom is 0.379 e. The normalized spacial score (nSPS) is 11.5. The van der Waals surface area contributed by atoms with E-state index >= 15 is 0 Å². The monoisotopic (exact) mass is 397 g/mol. The number of hydrogen-bond donors (Lipinski definition) is 1. The lowest BCUT2D eigenvalue weighted by Gasteiger charge is -2.07. The number of ether oxygens (including phenoxy) is 2. The van der Waals surface area contributed by atoms with Crippen LogP contribution < -0.4 is 4.74 Å². The van der Waals surface area contributed by atoms with Gasteiger partial charge in [-0.25, -0.2) is 9.18 Å². The minimum Gasteiger partial charge on any atom is -0.507 e. The van der Waals surface area contributed by atoms with E-state index in [-0.39, 0.29) is 12.4 Å². The number of nitrogens with zero attached hydrogens (tertiary/aromatic N) is 1. The Hall–Kier alpha value is -3.61. The molecule has 29 heavy (non-hydrogen) atoms. The molecule has 150 valence electrons. The summed E-state index contributed by atoms with van der Waals surface area (Å²) in [5.41, 5.74) is 1.75. The van der Waals surface area contributed by atoms with Crippen LogP contribution in [0.25, 0.3) is 16.7 Å². The lowest BCUT2D eigenvalue weighted by molar-refractivity contribution is -0.151. The third-order valence-electron chi connectivity index (χ3n) is 4.35. The SMILES string of the molecule is CCOC(=O)C(=O)/C=C(\O)c1cn(Cc2cccc(F)c2)c2cccc(OC)c12. The standard InChI is InChI=1S/C22H20FNO5/c1-3-29-22(27)19(26)11-18(25)16-13-24(12-14-6-4-7-15(23)10-14)17-8-5-9-20(28-2)21(16)17/h4-11,13,25H,3,12H2,1-2H3/b18-11-. The van der Waals surface area contributed by atoms with Gasteiger partial charge >= 0.3 is 5.97 Å². The highest BCUT2D eigenvalue weighted by Crippen LogP contribution is 2.34. The Balaban J connectivity index is 2.09. The topological polar surface area (TPSA) is 77.8 Å². The molecule has 1 heterocycles. The van der Waals surface area contributed by atoms with Crippen molar-refractivity contribution >= 4 is 28.4 Å². The first-order valence-electron chi connectivity index (χ1n) is 8.97. The Morgan fingerprint density at radius 3 is 2.66 bits per heavy atom. The summed E-state index contributed by atoms with van der Waals surface area (Å²) in [7, 11) is 1.49. The summed E-state index contributed by atoms with van der Waals surface area (Å²) in [5.74, 6) is -2.27. The molecule has 0 unspecified atom stereocenters. The molecular formula is C22H20FNO5. The summed E-state index contributed by atoms with van der Waals surface area (Å²) in [5, 5.41) is 11.1. The van der Waals surface area contributed by atoms with Crippen LogP contribution in [-0.2, 0) is 20.9 Å². The minimum atomic E-state index is -1.05. The Morgan fingerprint density at radius 2 is 1.97 bits per heavy atom. The molecule has 2 aromatic carbocycles. The number of aliphatic hydroxyl groups is 1. The zero-order valence-corrected chi connectivity index (χ0v) is 16.0. The van der Waals surface area contributed by atoms with E-state index in [0.717, 1.165) is 11.6 Å². The second kappa shape index (κ2) is 8.60. The Kier molecular flexibility index (Phi) is 5.97. The number of halogens is 1. The fourth-order valence-corrected chi connectivity index (χ4v) is 3.11. The van der Waals surface area contributed by atoms with Gasteiger partial charge in [-0.3, -0.25) is 4.79 Å². The Morgan fingerprint density at radius 1 is 1.21 bits per heavy atom. The van der Waals surface area contributed by atoms with Gasteiger partial charge in [0.15, 0.2) is 0 Å². The number of benzene rings is 2. The zero-order chi connectivity index (χ0) is 21.0. The molecule has 0 aliphatic rings. The molecule has 0 aliphatic carbocycles. The van der Waals surface area contributed by atoms with Crippen molar-refractivity contribution in [3.8, 4) is 5.75 Å². The smallest absolute Gasteiger partial charge is 0.379 e. The maximum atomic E-state index is 13.6. The fraction of sp³-hybridized carbons (Fsp3) is 0.182.